The zero-order valence-electron chi connectivity index (χ0n) is 8.35. The molecule has 3 unspecified atom stereocenters. The Labute approximate surface area is 85.3 Å². The molecule has 0 bridgehead atoms. The minimum atomic E-state index is 0.970. The highest BCUT2D eigenvalue weighted by Crippen LogP contribution is 2.37. The molecular formula is C11H21Br. The predicted molar refractivity (Wildman–Crippen MR) is 58.7 cm³/mol. The molecule has 1 aliphatic carbocycles. The van der Waals surface area contributed by atoms with Crippen LogP contribution in [0, 0.1) is 17.8 Å². The summed E-state index contributed by atoms with van der Waals surface area (Å²) >= 11 is 3.61. The van der Waals surface area contributed by atoms with Gasteiger partial charge in [0.1, 0.15) is 0 Å². The van der Waals surface area contributed by atoms with Gasteiger partial charge >= 0.3 is 0 Å². The van der Waals surface area contributed by atoms with E-state index >= 15 is 0 Å². The van der Waals surface area contributed by atoms with Crippen molar-refractivity contribution in [2.75, 3.05) is 5.33 Å². The number of halogens is 1. The van der Waals surface area contributed by atoms with E-state index in [2.05, 4.69) is 29.8 Å². The third-order valence-corrected chi connectivity index (χ3v) is 4.43. The summed E-state index contributed by atoms with van der Waals surface area (Å²) in [6, 6.07) is 0. The minimum absolute atomic E-state index is 0.970. The maximum Gasteiger partial charge on any atom is 0.00597 e. The molecule has 0 aromatic heterocycles. The van der Waals surface area contributed by atoms with Crippen LogP contribution < -0.4 is 0 Å². The van der Waals surface area contributed by atoms with Crippen molar-refractivity contribution in [3.63, 3.8) is 0 Å². The maximum absolute atomic E-state index is 3.61. The number of rotatable bonds is 3. The molecule has 0 radical (unpaired) electrons. The van der Waals surface area contributed by atoms with Gasteiger partial charge in [0.25, 0.3) is 0 Å². The van der Waals surface area contributed by atoms with Crippen LogP contribution >= 0.6 is 15.9 Å². The molecule has 0 spiro atoms. The van der Waals surface area contributed by atoms with Gasteiger partial charge in [0.2, 0.25) is 0 Å². The summed E-state index contributed by atoms with van der Waals surface area (Å²) in [7, 11) is 0. The molecule has 1 aliphatic rings. The van der Waals surface area contributed by atoms with E-state index in [-0.39, 0.29) is 0 Å². The molecule has 0 nitrogen and oxygen atoms in total. The van der Waals surface area contributed by atoms with Crippen LogP contribution in [0.4, 0.5) is 0 Å². The first kappa shape index (κ1) is 10.6. The van der Waals surface area contributed by atoms with Gasteiger partial charge < -0.3 is 0 Å². The highest BCUT2D eigenvalue weighted by Gasteiger charge is 2.27. The molecular weight excluding hydrogens is 212 g/mol. The van der Waals surface area contributed by atoms with E-state index in [1.165, 1.54) is 37.4 Å². The zero-order chi connectivity index (χ0) is 8.97. The molecule has 12 heavy (non-hydrogen) atoms. The van der Waals surface area contributed by atoms with Crippen LogP contribution in [-0.2, 0) is 0 Å². The number of hydrogen-bond donors (Lipinski definition) is 0. The SMILES string of the molecule is CCC1CCC(CBr)CC1CC. The van der Waals surface area contributed by atoms with Crippen molar-refractivity contribution in [1.29, 1.82) is 0 Å². The van der Waals surface area contributed by atoms with Crippen molar-refractivity contribution in [2.45, 2.75) is 46.0 Å². The van der Waals surface area contributed by atoms with Gasteiger partial charge in [-0.15, -0.1) is 0 Å². The molecule has 1 saturated carbocycles. The molecule has 0 N–H and O–H groups in total. The lowest BCUT2D eigenvalue weighted by Crippen LogP contribution is -2.24. The van der Waals surface area contributed by atoms with Gasteiger partial charge in [0.05, 0.1) is 0 Å². The summed E-state index contributed by atoms with van der Waals surface area (Å²) in [5, 5.41) is 1.22. The van der Waals surface area contributed by atoms with Gasteiger partial charge in [-0.1, -0.05) is 42.6 Å². The smallest absolute Gasteiger partial charge is 0.00597 e. The van der Waals surface area contributed by atoms with Crippen molar-refractivity contribution < 1.29 is 0 Å². The fourth-order valence-corrected chi connectivity index (χ4v) is 3.19. The second-order valence-corrected chi connectivity index (χ2v) is 4.82. The normalized spacial score (nSPS) is 36.8. The molecule has 1 heteroatoms. The van der Waals surface area contributed by atoms with Crippen LogP contribution in [0.3, 0.4) is 0 Å². The standard InChI is InChI=1S/C11H21Br/c1-3-10-6-5-9(8-12)7-11(10)4-2/h9-11H,3-8H2,1-2H3. The van der Waals surface area contributed by atoms with Crippen LogP contribution in [0.5, 0.6) is 0 Å². The van der Waals surface area contributed by atoms with Gasteiger partial charge in [0, 0.05) is 5.33 Å². The Balaban J connectivity index is 2.41. The molecule has 0 amide bonds. The highest BCUT2D eigenvalue weighted by molar-refractivity contribution is 9.09. The van der Waals surface area contributed by atoms with Gasteiger partial charge in [-0.2, -0.15) is 0 Å². The van der Waals surface area contributed by atoms with E-state index in [0.29, 0.717) is 0 Å². The Hall–Kier alpha value is 0.480. The lowest BCUT2D eigenvalue weighted by molar-refractivity contribution is 0.182. The Morgan fingerprint density at radius 2 is 1.75 bits per heavy atom. The van der Waals surface area contributed by atoms with E-state index in [1.807, 2.05) is 0 Å². The Bertz CT molecular complexity index is 122. The first-order valence-electron chi connectivity index (χ1n) is 5.37. The minimum Gasteiger partial charge on any atom is -0.0925 e. The van der Waals surface area contributed by atoms with Crippen molar-refractivity contribution in [3.05, 3.63) is 0 Å². The van der Waals surface area contributed by atoms with E-state index in [0.717, 1.165) is 17.8 Å². The van der Waals surface area contributed by atoms with Crippen LogP contribution in [0.15, 0.2) is 0 Å². The largest absolute Gasteiger partial charge is 0.0925 e. The Kier molecular flexibility index (Phi) is 4.63. The monoisotopic (exact) mass is 232 g/mol. The highest BCUT2D eigenvalue weighted by atomic mass is 79.9. The predicted octanol–water partition coefficient (Wildman–Crippen LogP) is 4.23. The lowest BCUT2D eigenvalue weighted by atomic mass is 9.72. The molecule has 3 atom stereocenters. The summed E-state index contributed by atoms with van der Waals surface area (Å²) < 4.78 is 0. The van der Waals surface area contributed by atoms with E-state index in [9.17, 15) is 0 Å². The van der Waals surface area contributed by atoms with Crippen LogP contribution in [-0.4, -0.2) is 5.33 Å². The van der Waals surface area contributed by atoms with Crippen molar-refractivity contribution in [3.8, 4) is 0 Å². The van der Waals surface area contributed by atoms with E-state index in [4.69, 9.17) is 0 Å². The second kappa shape index (κ2) is 5.26. The maximum atomic E-state index is 3.61. The summed E-state index contributed by atoms with van der Waals surface area (Å²) in [5.41, 5.74) is 0. The summed E-state index contributed by atoms with van der Waals surface area (Å²) in [6.45, 7) is 4.70. The van der Waals surface area contributed by atoms with E-state index in [1.54, 1.807) is 0 Å². The average molecular weight is 233 g/mol. The number of alkyl halides is 1. The van der Waals surface area contributed by atoms with Crippen molar-refractivity contribution in [2.24, 2.45) is 17.8 Å². The fraction of sp³-hybridized carbons (Fsp3) is 1.00. The molecule has 0 heterocycles. The van der Waals surface area contributed by atoms with Crippen molar-refractivity contribution in [1.82, 2.24) is 0 Å². The van der Waals surface area contributed by atoms with Gasteiger partial charge in [-0.05, 0) is 37.0 Å². The number of hydrogen-bond acceptors (Lipinski definition) is 0. The van der Waals surface area contributed by atoms with Crippen LogP contribution in [0.25, 0.3) is 0 Å². The topological polar surface area (TPSA) is 0 Å². The van der Waals surface area contributed by atoms with Crippen molar-refractivity contribution >= 4 is 15.9 Å². The summed E-state index contributed by atoms with van der Waals surface area (Å²) in [4.78, 5) is 0. The summed E-state index contributed by atoms with van der Waals surface area (Å²) in [6.07, 6.45) is 7.20. The Morgan fingerprint density at radius 3 is 2.25 bits per heavy atom. The zero-order valence-corrected chi connectivity index (χ0v) is 9.94. The average Bonchev–Trinajstić information content (AvgIpc) is 2.16. The first-order valence-corrected chi connectivity index (χ1v) is 6.49. The summed E-state index contributed by atoms with van der Waals surface area (Å²) in [5.74, 6) is 3.02. The molecule has 1 rings (SSSR count). The van der Waals surface area contributed by atoms with Crippen LogP contribution in [0.2, 0.25) is 0 Å². The fourth-order valence-electron chi connectivity index (χ4n) is 2.60. The third-order valence-electron chi connectivity index (χ3n) is 3.52. The van der Waals surface area contributed by atoms with Gasteiger partial charge in [-0.25, -0.2) is 0 Å². The molecule has 72 valence electrons. The van der Waals surface area contributed by atoms with Crippen LogP contribution in [0.1, 0.15) is 46.0 Å². The first-order chi connectivity index (χ1) is 5.81. The van der Waals surface area contributed by atoms with E-state index < -0.39 is 0 Å². The molecule has 0 aliphatic heterocycles. The lowest BCUT2D eigenvalue weighted by Gasteiger charge is -2.34. The molecule has 0 saturated heterocycles. The molecule has 0 aromatic rings. The quantitative estimate of drug-likeness (QED) is 0.640. The second-order valence-electron chi connectivity index (χ2n) is 4.17. The third kappa shape index (κ3) is 2.48. The van der Waals surface area contributed by atoms with Gasteiger partial charge in [-0.3, -0.25) is 0 Å². The molecule has 0 aromatic carbocycles. The van der Waals surface area contributed by atoms with Gasteiger partial charge in [0.15, 0.2) is 0 Å². The molecule has 1 fully saturated rings. The Morgan fingerprint density at radius 1 is 1.08 bits per heavy atom.